The fourth-order valence-corrected chi connectivity index (χ4v) is 4.02. The molecule has 1 aromatic carbocycles. The van der Waals surface area contributed by atoms with Crippen LogP contribution >= 0.6 is 0 Å². The third-order valence-electron chi connectivity index (χ3n) is 5.50. The first-order chi connectivity index (χ1) is 11.8. The van der Waals surface area contributed by atoms with Gasteiger partial charge in [0.25, 0.3) is 0 Å². The highest BCUT2D eigenvalue weighted by molar-refractivity contribution is 6.01. The molecule has 1 heterocycles. The molecule has 0 radical (unpaired) electrons. The maximum Gasteiger partial charge on any atom is 0.341 e. The lowest BCUT2D eigenvalue weighted by Crippen LogP contribution is -2.09. The van der Waals surface area contributed by atoms with Gasteiger partial charge in [-0.2, -0.15) is 0 Å². The summed E-state index contributed by atoms with van der Waals surface area (Å²) in [6, 6.07) is 0. The number of aliphatic carboxylic acids is 1. The number of rotatable bonds is 5. The van der Waals surface area contributed by atoms with E-state index in [9.17, 15) is 9.59 Å². The molecule has 0 amide bonds. The maximum atomic E-state index is 12.0. The van der Waals surface area contributed by atoms with Gasteiger partial charge in [0.15, 0.2) is 0 Å². The van der Waals surface area contributed by atoms with Crippen molar-refractivity contribution in [2.24, 2.45) is 5.92 Å². The lowest BCUT2D eigenvalue weighted by molar-refractivity contribution is -0.137. The van der Waals surface area contributed by atoms with Gasteiger partial charge in [0.2, 0.25) is 0 Å². The van der Waals surface area contributed by atoms with Gasteiger partial charge in [-0.25, -0.2) is 4.79 Å². The molecule has 0 aromatic heterocycles. The van der Waals surface area contributed by atoms with Gasteiger partial charge in [0.05, 0.1) is 24.8 Å². The van der Waals surface area contributed by atoms with Gasteiger partial charge in [-0.1, -0.05) is 11.1 Å². The Morgan fingerprint density at radius 1 is 1.40 bits per heavy atom. The number of allylic oxidation sites excluding steroid dienone is 2. The van der Waals surface area contributed by atoms with Crippen LogP contribution in [0, 0.1) is 12.8 Å². The minimum absolute atomic E-state index is 0.0696. The van der Waals surface area contributed by atoms with Crippen LogP contribution in [0.25, 0.3) is 0 Å². The highest BCUT2D eigenvalue weighted by Crippen LogP contribution is 2.43. The molecule has 6 heteroatoms. The van der Waals surface area contributed by atoms with Crippen molar-refractivity contribution in [2.45, 2.75) is 46.1 Å². The lowest BCUT2D eigenvalue weighted by Gasteiger charge is -2.18. The monoisotopic (exact) mass is 345 g/mol. The number of fused-ring (bicyclic) bond motifs is 1. The molecule has 2 aliphatic rings. The van der Waals surface area contributed by atoms with Crippen molar-refractivity contribution in [1.82, 2.24) is 0 Å². The zero-order valence-corrected chi connectivity index (χ0v) is 14.8. The summed E-state index contributed by atoms with van der Waals surface area (Å²) in [5.41, 5.74) is 11.9. The van der Waals surface area contributed by atoms with Crippen molar-refractivity contribution in [3.63, 3.8) is 0 Å². The molecule has 3 N–H and O–H groups in total. The van der Waals surface area contributed by atoms with Crippen LogP contribution in [0.3, 0.4) is 0 Å². The second-order valence-corrected chi connectivity index (χ2v) is 6.78. The molecule has 0 spiro atoms. The number of carbonyl (C=O) groups excluding carboxylic acids is 1. The summed E-state index contributed by atoms with van der Waals surface area (Å²) in [5, 5.41) is 9.05. The molecule has 1 aliphatic heterocycles. The van der Waals surface area contributed by atoms with Gasteiger partial charge < -0.3 is 20.3 Å². The molecule has 25 heavy (non-hydrogen) atoms. The summed E-state index contributed by atoms with van der Waals surface area (Å²) in [5.74, 6) is -0.407. The van der Waals surface area contributed by atoms with Crippen LogP contribution in [0.5, 0.6) is 5.75 Å². The molecular weight excluding hydrogens is 322 g/mol. The van der Waals surface area contributed by atoms with E-state index in [1.165, 1.54) is 5.57 Å². The van der Waals surface area contributed by atoms with Gasteiger partial charge in [-0.05, 0) is 44.6 Å². The highest BCUT2D eigenvalue weighted by Gasteiger charge is 2.32. The Morgan fingerprint density at radius 3 is 2.76 bits per heavy atom. The number of anilines is 1. The molecule has 1 atom stereocenters. The molecular formula is C19H23NO5. The largest absolute Gasteiger partial charge is 0.496 e. The SMILES string of the molecule is COc1c(C)c2c(c(N)c1CC1=C(C)[C@H](CC(=O)O)CC1)C(=O)OC2. The molecule has 0 bridgehead atoms. The standard InChI is InChI=1S/C19H23NO5/c1-9-11(4-5-12(9)7-15(21)22)6-13-17(20)16-14(8-25-19(16)23)10(2)18(13)24-3/h12H,4-8,20H2,1-3H3,(H,21,22)/t12-/m0/s1. The Kier molecular flexibility index (Phi) is 4.45. The number of nitrogen functional groups attached to an aromatic ring is 1. The Bertz CT molecular complexity index is 794. The van der Waals surface area contributed by atoms with Crippen molar-refractivity contribution in [3.05, 3.63) is 33.4 Å². The van der Waals surface area contributed by atoms with Crippen molar-refractivity contribution in [2.75, 3.05) is 12.8 Å². The van der Waals surface area contributed by atoms with Crippen LogP contribution in [0.4, 0.5) is 5.69 Å². The summed E-state index contributed by atoms with van der Waals surface area (Å²) < 4.78 is 10.7. The average Bonchev–Trinajstić information content (AvgIpc) is 3.10. The van der Waals surface area contributed by atoms with Gasteiger partial charge in [0, 0.05) is 11.1 Å². The number of nitrogens with two attached hydrogens (primary N) is 1. The van der Waals surface area contributed by atoms with Gasteiger partial charge in [-0.15, -0.1) is 0 Å². The molecule has 1 aliphatic carbocycles. The Morgan fingerprint density at radius 2 is 2.12 bits per heavy atom. The van der Waals surface area contributed by atoms with Crippen LogP contribution in [-0.4, -0.2) is 24.2 Å². The third-order valence-corrected chi connectivity index (χ3v) is 5.50. The Balaban J connectivity index is 2.02. The van der Waals surface area contributed by atoms with Crippen LogP contribution in [0.1, 0.15) is 53.2 Å². The quantitative estimate of drug-likeness (QED) is 0.483. The van der Waals surface area contributed by atoms with Crippen molar-refractivity contribution < 1.29 is 24.2 Å². The topological polar surface area (TPSA) is 98.9 Å². The maximum absolute atomic E-state index is 12.0. The van der Waals surface area contributed by atoms with Crippen molar-refractivity contribution >= 4 is 17.6 Å². The Labute approximate surface area is 146 Å². The predicted octanol–water partition coefficient (Wildman–Crippen LogP) is 3.00. The van der Waals surface area contributed by atoms with E-state index < -0.39 is 5.97 Å². The van der Waals surface area contributed by atoms with E-state index >= 15 is 0 Å². The van der Waals surface area contributed by atoms with Crippen LogP contribution in [-0.2, 0) is 22.6 Å². The molecule has 134 valence electrons. The van der Waals surface area contributed by atoms with E-state index in [1.807, 2.05) is 13.8 Å². The van der Waals surface area contributed by atoms with E-state index in [-0.39, 0.29) is 24.9 Å². The summed E-state index contributed by atoms with van der Waals surface area (Å²) in [7, 11) is 1.60. The first kappa shape index (κ1) is 17.3. The van der Waals surface area contributed by atoms with Gasteiger partial charge in [0.1, 0.15) is 12.4 Å². The Hall–Kier alpha value is -2.50. The van der Waals surface area contributed by atoms with Crippen LogP contribution in [0.2, 0.25) is 0 Å². The number of cyclic esters (lactones) is 1. The molecule has 1 aromatic rings. The van der Waals surface area contributed by atoms with Crippen molar-refractivity contribution in [3.8, 4) is 5.75 Å². The summed E-state index contributed by atoms with van der Waals surface area (Å²) >= 11 is 0. The minimum atomic E-state index is -0.779. The highest BCUT2D eigenvalue weighted by atomic mass is 16.5. The van der Waals surface area contributed by atoms with Crippen LogP contribution in [0.15, 0.2) is 11.1 Å². The van der Waals surface area contributed by atoms with E-state index in [4.69, 9.17) is 20.3 Å². The first-order valence-electron chi connectivity index (χ1n) is 8.40. The summed E-state index contributed by atoms with van der Waals surface area (Å²) in [4.78, 5) is 23.1. The average molecular weight is 345 g/mol. The van der Waals surface area contributed by atoms with Gasteiger partial charge >= 0.3 is 11.9 Å². The van der Waals surface area contributed by atoms with Crippen molar-refractivity contribution in [1.29, 1.82) is 0 Å². The molecule has 6 nitrogen and oxygen atoms in total. The van der Waals surface area contributed by atoms with E-state index in [0.29, 0.717) is 23.4 Å². The number of hydrogen-bond donors (Lipinski definition) is 2. The van der Waals surface area contributed by atoms with E-state index in [0.717, 1.165) is 35.1 Å². The fraction of sp³-hybridized carbons (Fsp3) is 0.474. The number of carbonyl (C=O) groups is 2. The smallest absolute Gasteiger partial charge is 0.341 e. The van der Waals surface area contributed by atoms with E-state index in [2.05, 4.69) is 0 Å². The molecule has 0 saturated carbocycles. The second kappa shape index (κ2) is 6.43. The number of carboxylic acid groups (broad SMARTS) is 1. The van der Waals surface area contributed by atoms with Gasteiger partial charge in [-0.3, -0.25) is 4.79 Å². The predicted molar refractivity (Wildman–Crippen MR) is 92.6 cm³/mol. The third kappa shape index (κ3) is 2.86. The first-order valence-corrected chi connectivity index (χ1v) is 8.40. The zero-order valence-electron chi connectivity index (χ0n) is 14.8. The second-order valence-electron chi connectivity index (χ2n) is 6.78. The minimum Gasteiger partial charge on any atom is -0.496 e. The van der Waals surface area contributed by atoms with E-state index in [1.54, 1.807) is 7.11 Å². The number of hydrogen-bond acceptors (Lipinski definition) is 5. The number of ether oxygens (including phenoxy) is 2. The summed E-state index contributed by atoms with van der Waals surface area (Å²) in [6.07, 6.45) is 2.39. The number of benzene rings is 1. The molecule has 0 unspecified atom stereocenters. The molecule has 0 fully saturated rings. The zero-order chi connectivity index (χ0) is 18.3. The van der Waals surface area contributed by atoms with Crippen LogP contribution < -0.4 is 10.5 Å². The number of esters is 1. The fourth-order valence-electron chi connectivity index (χ4n) is 4.02. The number of methoxy groups -OCH3 is 1. The normalized spacial score (nSPS) is 19.2. The lowest BCUT2D eigenvalue weighted by atomic mass is 9.91. The summed E-state index contributed by atoms with van der Waals surface area (Å²) in [6.45, 7) is 4.13. The molecule has 0 saturated heterocycles. The molecule has 3 rings (SSSR count). The number of carboxylic acids is 1.